The van der Waals surface area contributed by atoms with Crippen LogP contribution in [0.2, 0.25) is 0 Å². The summed E-state index contributed by atoms with van der Waals surface area (Å²) in [5, 5.41) is 1.10. The standard InChI is InChI=1S/C18H20N2/c1-6-8-17-14(7-2)15-9-10-16(19-18(15)20-17)13(5)11-12(3)4/h6-11H,2-3H2,1,4-5H3,(H,19,20)/b8-6-,13-11+. The van der Waals surface area contributed by atoms with Gasteiger partial charge in [-0.25, -0.2) is 4.98 Å². The van der Waals surface area contributed by atoms with Crippen LogP contribution < -0.4 is 0 Å². The Morgan fingerprint density at radius 3 is 2.65 bits per heavy atom. The quantitative estimate of drug-likeness (QED) is 0.754. The lowest BCUT2D eigenvalue weighted by Gasteiger charge is -2.01. The molecule has 2 heteroatoms. The first-order chi connectivity index (χ1) is 9.56. The maximum atomic E-state index is 4.69. The van der Waals surface area contributed by atoms with E-state index in [4.69, 9.17) is 4.98 Å². The number of pyridine rings is 1. The van der Waals surface area contributed by atoms with Crippen molar-refractivity contribution < 1.29 is 0 Å². The van der Waals surface area contributed by atoms with Crippen molar-refractivity contribution in [1.29, 1.82) is 0 Å². The fraction of sp³-hybridized carbons (Fsp3) is 0.167. The van der Waals surface area contributed by atoms with Gasteiger partial charge in [0.2, 0.25) is 0 Å². The van der Waals surface area contributed by atoms with Crippen LogP contribution in [0.3, 0.4) is 0 Å². The fourth-order valence-corrected chi connectivity index (χ4v) is 2.29. The van der Waals surface area contributed by atoms with Crippen LogP contribution in [0, 0.1) is 0 Å². The van der Waals surface area contributed by atoms with Crippen LogP contribution in [0.25, 0.3) is 28.8 Å². The van der Waals surface area contributed by atoms with Crippen molar-refractivity contribution in [2.75, 3.05) is 0 Å². The molecule has 0 fully saturated rings. The SMILES string of the molecule is C=Cc1c(/C=C\C)[nH]c2nc(/C(C)=C/C(=C)C)ccc12. The van der Waals surface area contributed by atoms with Gasteiger partial charge in [0.25, 0.3) is 0 Å². The Morgan fingerprint density at radius 1 is 1.30 bits per heavy atom. The van der Waals surface area contributed by atoms with Gasteiger partial charge < -0.3 is 4.98 Å². The van der Waals surface area contributed by atoms with Gasteiger partial charge in [-0.15, -0.1) is 0 Å². The number of hydrogen-bond donors (Lipinski definition) is 1. The molecule has 0 unspecified atom stereocenters. The van der Waals surface area contributed by atoms with Gasteiger partial charge in [-0.05, 0) is 44.6 Å². The van der Waals surface area contributed by atoms with Crippen molar-refractivity contribution in [3.05, 3.63) is 60.0 Å². The van der Waals surface area contributed by atoms with Crippen LogP contribution in [0.5, 0.6) is 0 Å². The average molecular weight is 264 g/mol. The number of aromatic amines is 1. The van der Waals surface area contributed by atoms with Crippen molar-refractivity contribution in [1.82, 2.24) is 9.97 Å². The van der Waals surface area contributed by atoms with Crippen LogP contribution in [0.15, 0.2) is 43.0 Å². The third-order valence-corrected chi connectivity index (χ3v) is 3.13. The highest BCUT2D eigenvalue weighted by Crippen LogP contribution is 2.25. The Hall–Kier alpha value is -2.35. The highest BCUT2D eigenvalue weighted by atomic mass is 14.9. The zero-order valence-corrected chi connectivity index (χ0v) is 12.3. The van der Waals surface area contributed by atoms with Crippen molar-refractivity contribution in [3.63, 3.8) is 0 Å². The minimum Gasteiger partial charge on any atom is -0.339 e. The van der Waals surface area contributed by atoms with Gasteiger partial charge in [-0.3, -0.25) is 0 Å². The monoisotopic (exact) mass is 264 g/mol. The topological polar surface area (TPSA) is 28.7 Å². The van der Waals surface area contributed by atoms with E-state index in [2.05, 4.69) is 24.2 Å². The second kappa shape index (κ2) is 5.74. The number of nitrogens with one attached hydrogen (secondary N) is 1. The van der Waals surface area contributed by atoms with Gasteiger partial charge in [0.15, 0.2) is 0 Å². The number of H-pyrrole nitrogens is 1. The highest BCUT2D eigenvalue weighted by molar-refractivity contribution is 5.91. The summed E-state index contributed by atoms with van der Waals surface area (Å²) in [4.78, 5) is 8.04. The fourth-order valence-electron chi connectivity index (χ4n) is 2.29. The smallest absolute Gasteiger partial charge is 0.139 e. The zero-order chi connectivity index (χ0) is 14.7. The lowest BCUT2D eigenvalue weighted by atomic mass is 10.1. The van der Waals surface area contributed by atoms with E-state index >= 15 is 0 Å². The molecule has 0 radical (unpaired) electrons. The Kier molecular flexibility index (Phi) is 4.04. The van der Waals surface area contributed by atoms with Crippen molar-refractivity contribution in [2.24, 2.45) is 0 Å². The van der Waals surface area contributed by atoms with Crippen LogP contribution >= 0.6 is 0 Å². The van der Waals surface area contributed by atoms with Crippen LogP contribution in [0.1, 0.15) is 37.7 Å². The number of aromatic nitrogens is 2. The van der Waals surface area contributed by atoms with E-state index in [1.807, 2.05) is 51.1 Å². The van der Waals surface area contributed by atoms with E-state index in [0.29, 0.717) is 0 Å². The molecule has 0 aliphatic heterocycles. The third kappa shape index (κ3) is 2.64. The Labute approximate surface area is 120 Å². The minimum atomic E-state index is 0.889. The summed E-state index contributed by atoms with van der Waals surface area (Å²) in [6, 6.07) is 4.13. The van der Waals surface area contributed by atoms with Gasteiger partial charge in [0.05, 0.1) is 5.69 Å². The predicted molar refractivity (Wildman–Crippen MR) is 89.4 cm³/mol. The molecule has 0 saturated heterocycles. The molecule has 0 atom stereocenters. The number of fused-ring (bicyclic) bond motifs is 1. The third-order valence-electron chi connectivity index (χ3n) is 3.13. The highest BCUT2D eigenvalue weighted by Gasteiger charge is 2.09. The lowest BCUT2D eigenvalue weighted by molar-refractivity contribution is 1.27. The summed E-state index contributed by atoms with van der Waals surface area (Å²) in [5.41, 5.74) is 6.13. The molecule has 2 aromatic rings. The molecular weight excluding hydrogens is 244 g/mol. The maximum absolute atomic E-state index is 4.69. The van der Waals surface area contributed by atoms with Crippen molar-refractivity contribution in [2.45, 2.75) is 20.8 Å². The van der Waals surface area contributed by atoms with Gasteiger partial charge in [0.1, 0.15) is 5.65 Å². The summed E-state index contributed by atoms with van der Waals surface area (Å²) in [6.07, 6.45) is 7.95. The molecule has 102 valence electrons. The molecule has 0 amide bonds. The normalized spacial score (nSPS) is 12.2. The first kappa shape index (κ1) is 14.1. The van der Waals surface area contributed by atoms with Crippen LogP contribution in [-0.4, -0.2) is 9.97 Å². The van der Waals surface area contributed by atoms with Crippen molar-refractivity contribution in [3.8, 4) is 0 Å². The Morgan fingerprint density at radius 2 is 2.05 bits per heavy atom. The molecule has 2 nitrogen and oxygen atoms in total. The van der Waals surface area contributed by atoms with E-state index in [-0.39, 0.29) is 0 Å². The largest absolute Gasteiger partial charge is 0.339 e. The van der Waals surface area contributed by atoms with Crippen LogP contribution in [-0.2, 0) is 0 Å². The number of allylic oxidation sites excluding steroid dienone is 4. The predicted octanol–water partition coefficient (Wildman–Crippen LogP) is 5.22. The summed E-state index contributed by atoms with van der Waals surface area (Å²) in [5.74, 6) is 0. The first-order valence-electron chi connectivity index (χ1n) is 6.69. The van der Waals surface area contributed by atoms with E-state index < -0.39 is 0 Å². The molecular formula is C18H20N2. The maximum Gasteiger partial charge on any atom is 0.139 e. The molecule has 2 heterocycles. The summed E-state index contributed by atoms with van der Waals surface area (Å²) >= 11 is 0. The molecule has 2 rings (SSSR count). The van der Waals surface area contributed by atoms with E-state index in [1.54, 1.807) is 0 Å². The lowest BCUT2D eigenvalue weighted by Crippen LogP contribution is -1.87. The van der Waals surface area contributed by atoms with Gasteiger partial charge in [-0.1, -0.05) is 37.0 Å². The summed E-state index contributed by atoms with van der Waals surface area (Å²) < 4.78 is 0. The second-order valence-corrected chi connectivity index (χ2v) is 4.92. The van der Waals surface area contributed by atoms with Gasteiger partial charge in [0, 0.05) is 16.6 Å². The minimum absolute atomic E-state index is 0.889. The summed E-state index contributed by atoms with van der Waals surface area (Å²) in [6.45, 7) is 13.8. The van der Waals surface area contributed by atoms with E-state index in [0.717, 1.165) is 39.1 Å². The molecule has 0 aromatic carbocycles. The van der Waals surface area contributed by atoms with E-state index in [9.17, 15) is 0 Å². The number of rotatable bonds is 4. The molecule has 0 spiro atoms. The van der Waals surface area contributed by atoms with Crippen molar-refractivity contribution >= 4 is 28.8 Å². The number of nitrogens with zero attached hydrogens (tertiary/aromatic N) is 1. The molecule has 0 saturated carbocycles. The molecule has 1 N–H and O–H groups in total. The van der Waals surface area contributed by atoms with Crippen LogP contribution in [0.4, 0.5) is 0 Å². The zero-order valence-electron chi connectivity index (χ0n) is 12.3. The van der Waals surface area contributed by atoms with Gasteiger partial charge in [-0.2, -0.15) is 0 Å². The molecule has 20 heavy (non-hydrogen) atoms. The molecule has 0 bridgehead atoms. The summed E-state index contributed by atoms with van der Waals surface area (Å²) in [7, 11) is 0. The second-order valence-electron chi connectivity index (χ2n) is 4.92. The molecule has 0 aliphatic rings. The Balaban J connectivity index is 2.61. The molecule has 0 aliphatic carbocycles. The van der Waals surface area contributed by atoms with Gasteiger partial charge >= 0.3 is 0 Å². The Bertz CT molecular complexity index is 727. The van der Waals surface area contributed by atoms with E-state index in [1.165, 1.54) is 0 Å². The first-order valence-corrected chi connectivity index (χ1v) is 6.69. The average Bonchev–Trinajstić information content (AvgIpc) is 2.74. The molecule has 2 aromatic heterocycles. The number of hydrogen-bond acceptors (Lipinski definition) is 1.